The Morgan fingerprint density at radius 3 is 2.95 bits per heavy atom. The molecule has 0 spiro atoms. The summed E-state index contributed by atoms with van der Waals surface area (Å²) in [7, 11) is 0. The lowest BCUT2D eigenvalue weighted by Crippen LogP contribution is -2.07. The molecule has 1 N–H and O–H groups in total. The molecule has 0 atom stereocenters. The largest absolute Gasteiger partial charge is 0.477 e. The van der Waals surface area contributed by atoms with E-state index < -0.39 is 0 Å². The Bertz CT molecular complexity index is 539. The molecule has 2 rings (SSSR count). The minimum Gasteiger partial charge on any atom is -0.477 e. The molecule has 0 fully saturated rings. The van der Waals surface area contributed by atoms with Gasteiger partial charge in [-0.15, -0.1) is 11.3 Å². The van der Waals surface area contributed by atoms with Crippen molar-refractivity contribution >= 4 is 27.5 Å². The van der Waals surface area contributed by atoms with Gasteiger partial charge in [0.1, 0.15) is 4.83 Å². The third-order valence-corrected chi connectivity index (χ3v) is 3.79. The Balaban J connectivity index is 2.07. The van der Waals surface area contributed by atoms with E-state index in [2.05, 4.69) is 36.1 Å². The number of ether oxygens (including phenoxy) is 1. The number of hydrogen-bond acceptors (Lipinski definition) is 5. The Hall–Kier alpha value is -1.36. The van der Waals surface area contributed by atoms with Crippen molar-refractivity contribution in [1.82, 2.24) is 9.97 Å². The molecule has 0 radical (unpaired) electrons. The van der Waals surface area contributed by atoms with Gasteiger partial charge in [-0.1, -0.05) is 20.8 Å². The molecule has 110 valence electrons. The molecule has 2 heterocycles. The molecular formula is C15H23N3OS. The zero-order chi connectivity index (χ0) is 14.4. The second-order valence-electron chi connectivity index (χ2n) is 5.30. The van der Waals surface area contributed by atoms with E-state index in [0.717, 1.165) is 29.6 Å². The van der Waals surface area contributed by atoms with Gasteiger partial charge in [0, 0.05) is 6.54 Å². The minimum absolute atomic E-state index is 0.667. The van der Waals surface area contributed by atoms with Gasteiger partial charge in [0.05, 0.1) is 12.0 Å². The number of fused-ring (bicyclic) bond motifs is 1. The molecule has 0 aromatic carbocycles. The van der Waals surface area contributed by atoms with Crippen LogP contribution in [0, 0.1) is 5.92 Å². The van der Waals surface area contributed by atoms with Gasteiger partial charge in [-0.05, 0) is 36.6 Å². The van der Waals surface area contributed by atoms with Gasteiger partial charge >= 0.3 is 0 Å². The van der Waals surface area contributed by atoms with Crippen molar-refractivity contribution in [2.75, 3.05) is 18.5 Å². The average molecular weight is 293 g/mol. The van der Waals surface area contributed by atoms with Crippen LogP contribution in [0.4, 0.5) is 5.95 Å². The van der Waals surface area contributed by atoms with E-state index in [1.807, 2.05) is 11.4 Å². The topological polar surface area (TPSA) is 47.0 Å². The summed E-state index contributed by atoms with van der Waals surface area (Å²) < 4.78 is 5.86. The van der Waals surface area contributed by atoms with Crippen LogP contribution in [0.1, 0.15) is 40.0 Å². The van der Waals surface area contributed by atoms with Crippen LogP contribution in [0.3, 0.4) is 0 Å². The van der Waals surface area contributed by atoms with Crippen LogP contribution in [0.2, 0.25) is 0 Å². The quantitative estimate of drug-likeness (QED) is 0.736. The van der Waals surface area contributed by atoms with Gasteiger partial charge in [-0.2, -0.15) is 4.98 Å². The summed E-state index contributed by atoms with van der Waals surface area (Å²) in [5, 5.41) is 6.28. The van der Waals surface area contributed by atoms with E-state index in [4.69, 9.17) is 4.74 Å². The molecule has 0 amide bonds. The Morgan fingerprint density at radius 2 is 2.20 bits per heavy atom. The van der Waals surface area contributed by atoms with Gasteiger partial charge in [0.15, 0.2) is 0 Å². The van der Waals surface area contributed by atoms with Crippen molar-refractivity contribution in [2.24, 2.45) is 5.92 Å². The summed E-state index contributed by atoms with van der Waals surface area (Å²) in [5.41, 5.74) is 0. The van der Waals surface area contributed by atoms with E-state index in [0.29, 0.717) is 24.4 Å². The lowest BCUT2D eigenvalue weighted by atomic mass is 10.1. The highest BCUT2D eigenvalue weighted by atomic mass is 32.1. The Labute approximate surface area is 124 Å². The first-order valence-corrected chi connectivity index (χ1v) is 8.20. The Kier molecular flexibility index (Phi) is 5.59. The van der Waals surface area contributed by atoms with Crippen LogP contribution in [-0.2, 0) is 0 Å². The SMILES string of the molecule is CCCNc1nc(OCCCC(C)C)c2ccsc2n1. The van der Waals surface area contributed by atoms with Crippen molar-refractivity contribution in [2.45, 2.75) is 40.0 Å². The number of thiophene rings is 1. The van der Waals surface area contributed by atoms with Gasteiger partial charge in [-0.25, -0.2) is 4.98 Å². The van der Waals surface area contributed by atoms with Crippen LogP contribution < -0.4 is 10.1 Å². The van der Waals surface area contributed by atoms with Crippen molar-refractivity contribution in [3.05, 3.63) is 11.4 Å². The maximum atomic E-state index is 5.86. The summed E-state index contributed by atoms with van der Waals surface area (Å²) in [6.07, 6.45) is 3.29. The number of nitrogens with zero attached hydrogens (tertiary/aromatic N) is 2. The monoisotopic (exact) mass is 293 g/mol. The fourth-order valence-corrected chi connectivity index (χ4v) is 2.67. The molecular weight excluding hydrogens is 270 g/mol. The van der Waals surface area contributed by atoms with E-state index in [-0.39, 0.29) is 0 Å². The molecule has 20 heavy (non-hydrogen) atoms. The summed E-state index contributed by atoms with van der Waals surface area (Å²) in [6, 6.07) is 2.03. The summed E-state index contributed by atoms with van der Waals surface area (Å²) in [5.74, 6) is 2.09. The zero-order valence-electron chi connectivity index (χ0n) is 12.5. The molecule has 0 aliphatic heterocycles. The fourth-order valence-electron chi connectivity index (χ4n) is 1.91. The second kappa shape index (κ2) is 7.43. The highest BCUT2D eigenvalue weighted by Crippen LogP contribution is 2.28. The molecule has 2 aromatic rings. The van der Waals surface area contributed by atoms with E-state index in [1.54, 1.807) is 11.3 Å². The molecule has 0 aliphatic rings. The maximum absolute atomic E-state index is 5.86. The molecule has 5 heteroatoms. The lowest BCUT2D eigenvalue weighted by molar-refractivity contribution is 0.291. The summed E-state index contributed by atoms with van der Waals surface area (Å²) in [4.78, 5) is 9.98. The summed E-state index contributed by atoms with van der Waals surface area (Å²) >= 11 is 1.62. The van der Waals surface area contributed by atoms with Crippen LogP contribution in [0.25, 0.3) is 10.2 Å². The number of rotatable bonds is 8. The summed E-state index contributed by atoms with van der Waals surface area (Å²) in [6.45, 7) is 8.18. The highest BCUT2D eigenvalue weighted by Gasteiger charge is 2.10. The molecule has 0 unspecified atom stereocenters. The number of hydrogen-bond donors (Lipinski definition) is 1. The van der Waals surface area contributed by atoms with Crippen molar-refractivity contribution in [1.29, 1.82) is 0 Å². The molecule has 4 nitrogen and oxygen atoms in total. The van der Waals surface area contributed by atoms with Crippen molar-refractivity contribution in [3.63, 3.8) is 0 Å². The average Bonchev–Trinajstić information content (AvgIpc) is 2.89. The van der Waals surface area contributed by atoms with Crippen molar-refractivity contribution < 1.29 is 4.74 Å². The second-order valence-corrected chi connectivity index (χ2v) is 6.20. The zero-order valence-corrected chi connectivity index (χ0v) is 13.3. The van der Waals surface area contributed by atoms with Crippen LogP contribution in [0.15, 0.2) is 11.4 Å². The molecule has 0 aliphatic carbocycles. The predicted molar refractivity (Wildman–Crippen MR) is 85.8 cm³/mol. The third kappa shape index (κ3) is 4.07. The van der Waals surface area contributed by atoms with E-state index >= 15 is 0 Å². The maximum Gasteiger partial charge on any atom is 0.227 e. The van der Waals surface area contributed by atoms with Crippen LogP contribution >= 0.6 is 11.3 Å². The van der Waals surface area contributed by atoms with E-state index in [1.165, 1.54) is 6.42 Å². The third-order valence-electron chi connectivity index (χ3n) is 2.99. The molecule has 0 saturated heterocycles. The predicted octanol–water partition coefficient (Wildman–Crippen LogP) is 4.33. The highest BCUT2D eigenvalue weighted by molar-refractivity contribution is 7.16. The normalized spacial score (nSPS) is 11.2. The first-order chi connectivity index (χ1) is 9.70. The van der Waals surface area contributed by atoms with Gasteiger partial charge in [0.25, 0.3) is 0 Å². The number of aromatic nitrogens is 2. The van der Waals surface area contributed by atoms with Gasteiger partial charge in [-0.3, -0.25) is 0 Å². The fraction of sp³-hybridized carbons (Fsp3) is 0.600. The van der Waals surface area contributed by atoms with E-state index in [9.17, 15) is 0 Å². The van der Waals surface area contributed by atoms with Crippen LogP contribution in [-0.4, -0.2) is 23.1 Å². The standard InChI is InChI=1S/C15H23N3OS/c1-4-8-16-15-17-13(19-9-5-6-11(2)3)12-7-10-20-14(12)18-15/h7,10-11H,4-6,8-9H2,1-3H3,(H,16,17,18). The number of anilines is 1. The lowest BCUT2D eigenvalue weighted by Gasteiger charge is -2.10. The molecule has 2 aromatic heterocycles. The van der Waals surface area contributed by atoms with Gasteiger partial charge in [0.2, 0.25) is 11.8 Å². The van der Waals surface area contributed by atoms with Crippen LogP contribution in [0.5, 0.6) is 5.88 Å². The molecule has 0 saturated carbocycles. The first kappa shape index (κ1) is 15.0. The van der Waals surface area contributed by atoms with Crippen molar-refractivity contribution in [3.8, 4) is 5.88 Å². The number of nitrogens with one attached hydrogen (secondary N) is 1. The first-order valence-electron chi connectivity index (χ1n) is 7.32. The minimum atomic E-state index is 0.667. The smallest absolute Gasteiger partial charge is 0.227 e. The molecule has 0 bridgehead atoms. The van der Waals surface area contributed by atoms with Gasteiger partial charge < -0.3 is 10.1 Å². The Morgan fingerprint density at radius 1 is 1.35 bits per heavy atom.